The van der Waals surface area contributed by atoms with E-state index in [9.17, 15) is 18.0 Å². The molecule has 0 heterocycles. The van der Waals surface area contributed by atoms with Gasteiger partial charge in [0.15, 0.2) is 5.78 Å². The summed E-state index contributed by atoms with van der Waals surface area (Å²) < 4.78 is 41.0. The Bertz CT molecular complexity index is 353. The zero-order valence-electron chi connectivity index (χ0n) is 8.46. The molecule has 0 saturated heterocycles. The summed E-state index contributed by atoms with van der Waals surface area (Å²) in [5, 5.41) is 0. The molecule has 0 amide bonds. The van der Waals surface area contributed by atoms with Crippen LogP contribution in [0.1, 0.15) is 16.8 Å². The SMILES string of the molecule is O=C(CCOCC(F)F)c1ccccc1F. The third kappa shape index (κ3) is 4.02. The number of carbonyl (C=O) groups excluding carboxylic acids is 1. The summed E-state index contributed by atoms with van der Waals surface area (Å²) in [5.41, 5.74) is -0.0388. The van der Waals surface area contributed by atoms with Gasteiger partial charge in [-0.1, -0.05) is 12.1 Å². The lowest BCUT2D eigenvalue weighted by Crippen LogP contribution is -2.10. The number of ether oxygens (including phenoxy) is 1. The smallest absolute Gasteiger partial charge is 0.261 e. The third-order valence-corrected chi connectivity index (χ3v) is 1.89. The first-order chi connectivity index (χ1) is 7.61. The molecule has 1 rings (SSSR count). The van der Waals surface area contributed by atoms with Crippen molar-refractivity contribution in [1.82, 2.24) is 0 Å². The van der Waals surface area contributed by atoms with Crippen LogP contribution in [0.2, 0.25) is 0 Å². The van der Waals surface area contributed by atoms with Crippen LogP contribution in [0, 0.1) is 5.82 Å². The van der Waals surface area contributed by atoms with Crippen molar-refractivity contribution in [2.24, 2.45) is 0 Å². The normalized spacial score (nSPS) is 10.8. The van der Waals surface area contributed by atoms with Crippen LogP contribution in [0.25, 0.3) is 0 Å². The first kappa shape index (κ1) is 12.7. The monoisotopic (exact) mass is 232 g/mol. The van der Waals surface area contributed by atoms with E-state index in [4.69, 9.17) is 0 Å². The molecule has 0 saturated carbocycles. The van der Waals surface area contributed by atoms with Crippen molar-refractivity contribution < 1.29 is 22.7 Å². The summed E-state index contributed by atoms with van der Waals surface area (Å²) in [6.07, 6.45) is -2.66. The van der Waals surface area contributed by atoms with Gasteiger partial charge in [0.1, 0.15) is 12.4 Å². The Morgan fingerprint density at radius 3 is 2.62 bits per heavy atom. The van der Waals surface area contributed by atoms with Crippen molar-refractivity contribution in [2.75, 3.05) is 13.2 Å². The van der Waals surface area contributed by atoms with Crippen LogP contribution in [-0.2, 0) is 4.74 Å². The molecule has 5 heteroatoms. The highest BCUT2D eigenvalue weighted by atomic mass is 19.3. The maximum absolute atomic E-state index is 13.1. The molecule has 88 valence electrons. The maximum atomic E-state index is 13.1. The molecule has 0 spiro atoms. The number of benzene rings is 1. The Balaban J connectivity index is 2.39. The van der Waals surface area contributed by atoms with Gasteiger partial charge in [-0.25, -0.2) is 13.2 Å². The predicted molar refractivity (Wildman–Crippen MR) is 52.2 cm³/mol. The second kappa shape index (κ2) is 6.27. The van der Waals surface area contributed by atoms with Crippen molar-refractivity contribution in [3.05, 3.63) is 35.6 Å². The fourth-order valence-corrected chi connectivity index (χ4v) is 1.16. The van der Waals surface area contributed by atoms with E-state index in [-0.39, 0.29) is 18.6 Å². The fraction of sp³-hybridized carbons (Fsp3) is 0.364. The van der Waals surface area contributed by atoms with E-state index in [2.05, 4.69) is 4.74 Å². The molecule has 0 aromatic heterocycles. The van der Waals surface area contributed by atoms with Crippen LogP contribution in [-0.4, -0.2) is 25.4 Å². The van der Waals surface area contributed by atoms with Gasteiger partial charge in [0.05, 0.1) is 12.2 Å². The number of halogens is 3. The van der Waals surface area contributed by atoms with Crippen molar-refractivity contribution in [2.45, 2.75) is 12.8 Å². The summed E-state index contributed by atoms with van der Waals surface area (Å²) in [6, 6.07) is 5.54. The van der Waals surface area contributed by atoms with Crippen molar-refractivity contribution in [3.8, 4) is 0 Å². The van der Waals surface area contributed by atoms with Gasteiger partial charge in [-0.2, -0.15) is 0 Å². The van der Waals surface area contributed by atoms with E-state index in [1.54, 1.807) is 0 Å². The highest BCUT2D eigenvalue weighted by Gasteiger charge is 2.11. The van der Waals surface area contributed by atoms with Gasteiger partial charge in [-0.15, -0.1) is 0 Å². The molecule has 0 unspecified atom stereocenters. The van der Waals surface area contributed by atoms with Crippen molar-refractivity contribution >= 4 is 5.78 Å². The number of hydrogen-bond donors (Lipinski definition) is 0. The van der Waals surface area contributed by atoms with Gasteiger partial charge in [0.25, 0.3) is 6.43 Å². The second-order valence-corrected chi connectivity index (χ2v) is 3.12. The van der Waals surface area contributed by atoms with Gasteiger partial charge in [0, 0.05) is 6.42 Å². The zero-order valence-corrected chi connectivity index (χ0v) is 8.46. The Kier molecular flexibility index (Phi) is 4.98. The van der Waals surface area contributed by atoms with Crippen molar-refractivity contribution in [1.29, 1.82) is 0 Å². The first-order valence-electron chi connectivity index (χ1n) is 4.75. The molecule has 16 heavy (non-hydrogen) atoms. The summed E-state index contributed by atoms with van der Waals surface area (Å²) >= 11 is 0. The summed E-state index contributed by atoms with van der Waals surface area (Å²) in [4.78, 5) is 11.4. The quantitative estimate of drug-likeness (QED) is 0.556. The lowest BCUT2D eigenvalue weighted by atomic mass is 10.1. The van der Waals surface area contributed by atoms with Gasteiger partial charge in [-0.05, 0) is 12.1 Å². The van der Waals surface area contributed by atoms with Crippen LogP contribution in [0.15, 0.2) is 24.3 Å². The molecule has 0 aliphatic heterocycles. The average Bonchev–Trinajstić information content (AvgIpc) is 2.24. The molecule has 0 bridgehead atoms. The lowest BCUT2D eigenvalue weighted by Gasteiger charge is -2.03. The minimum atomic E-state index is -2.55. The Hall–Kier alpha value is -1.36. The second-order valence-electron chi connectivity index (χ2n) is 3.12. The van der Waals surface area contributed by atoms with Crippen LogP contribution in [0.4, 0.5) is 13.2 Å². The number of carbonyl (C=O) groups is 1. The molecule has 0 radical (unpaired) electrons. The number of Topliss-reactive ketones (excluding diaryl/α,β-unsaturated/α-hetero) is 1. The fourth-order valence-electron chi connectivity index (χ4n) is 1.16. The number of alkyl halides is 2. The third-order valence-electron chi connectivity index (χ3n) is 1.89. The van der Waals surface area contributed by atoms with Gasteiger partial charge in [-0.3, -0.25) is 4.79 Å². The van der Waals surface area contributed by atoms with Crippen LogP contribution < -0.4 is 0 Å². The number of hydrogen-bond acceptors (Lipinski definition) is 2. The number of ketones is 1. The van der Waals surface area contributed by atoms with Crippen LogP contribution >= 0.6 is 0 Å². The minimum Gasteiger partial charge on any atom is -0.375 e. The van der Waals surface area contributed by atoms with Gasteiger partial charge in [0.2, 0.25) is 0 Å². The Labute approximate surface area is 91.0 Å². The van der Waals surface area contributed by atoms with E-state index in [0.29, 0.717) is 0 Å². The van der Waals surface area contributed by atoms with Crippen LogP contribution in [0.3, 0.4) is 0 Å². The Morgan fingerprint density at radius 1 is 1.31 bits per heavy atom. The molecule has 0 aliphatic carbocycles. The minimum absolute atomic E-state index is 0.0388. The molecule has 2 nitrogen and oxygen atoms in total. The topological polar surface area (TPSA) is 26.3 Å². The van der Waals surface area contributed by atoms with E-state index >= 15 is 0 Å². The standard InChI is InChI=1S/C11H11F3O2/c12-9-4-2-1-3-8(9)10(15)5-6-16-7-11(13)14/h1-4,11H,5-7H2. The molecular weight excluding hydrogens is 221 g/mol. The molecule has 0 fully saturated rings. The van der Waals surface area contributed by atoms with Crippen LogP contribution in [0.5, 0.6) is 0 Å². The first-order valence-corrected chi connectivity index (χ1v) is 4.75. The molecule has 0 N–H and O–H groups in total. The largest absolute Gasteiger partial charge is 0.375 e. The molecule has 1 aromatic carbocycles. The van der Waals surface area contributed by atoms with Crippen molar-refractivity contribution in [3.63, 3.8) is 0 Å². The van der Waals surface area contributed by atoms with E-state index in [0.717, 1.165) is 0 Å². The highest BCUT2D eigenvalue weighted by Crippen LogP contribution is 2.09. The maximum Gasteiger partial charge on any atom is 0.261 e. The molecular formula is C11H11F3O2. The lowest BCUT2D eigenvalue weighted by molar-refractivity contribution is 0.0169. The summed E-state index contributed by atoms with van der Waals surface area (Å²) in [5.74, 6) is -1.06. The summed E-state index contributed by atoms with van der Waals surface area (Å²) in [7, 11) is 0. The van der Waals surface area contributed by atoms with Gasteiger partial charge < -0.3 is 4.74 Å². The molecule has 0 atom stereocenters. The zero-order chi connectivity index (χ0) is 12.0. The predicted octanol–water partition coefficient (Wildman–Crippen LogP) is 2.68. The molecule has 0 aliphatic rings. The average molecular weight is 232 g/mol. The van der Waals surface area contributed by atoms with E-state index in [1.807, 2.05) is 0 Å². The van der Waals surface area contributed by atoms with Gasteiger partial charge >= 0.3 is 0 Å². The molecule has 1 aromatic rings. The Morgan fingerprint density at radius 2 is 2.00 bits per heavy atom. The number of rotatable bonds is 6. The van der Waals surface area contributed by atoms with E-state index in [1.165, 1.54) is 24.3 Å². The van der Waals surface area contributed by atoms with E-state index < -0.39 is 24.6 Å². The highest BCUT2D eigenvalue weighted by molar-refractivity contribution is 5.96. The summed E-state index contributed by atoms with van der Waals surface area (Å²) in [6.45, 7) is -0.831.